The highest BCUT2D eigenvalue weighted by molar-refractivity contribution is 5.48. The summed E-state index contributed by atoms with van der Waals surface area (Å²) < 4.78 is 1.93. The molecule has 2 rings (SSSR count). The van der Waals surface area contributed by atoms with E-state index < -0.39 is 0 Å². The zero-order chi connectivity index (χ0) is 9.42. The molecule has 0 bridgehead atoms. The molecular weight excluding hydrogens is 164 g/mol. The van der Waals surface area contributed by atoms with Gasteiger partial charge in [-0.2, -0.15) is 5.10 Å². The third kappa shape index (κ3) is 1.31. The fourth-order valence-corrected chi connectivity index (χ4v) is 1.95. The molecule has 1 N–H and O–H groups in total. The first-order chi connectivity index (χ1) is 6.22. The van der Waals surface area contributed by atoms with Gasteiger partial charge < -0.3 is 10.2 Å². The number of hydrogen-bond donors (Lipinski definition) is 1. The topological polar surface area (TPSA) is 33.1 Å². The summed E-state index contributed by atoms with van der Waals surface area (Å²) in [5.41, 5.74) is 2.61. The van der Waals surface area contributed by atoms with E-state index in [0.29, 0.717) is 0 Å². The summed E-state index contributed by atoms with van der Waals surface area (Å²) in [7, 11) is 6.09. The summed E-state index contributed by atoms with van der Waals surface area (Å²) in [5.74, 6) is 1.15. The first-order valence-electron chi connectivity index (χ1n) is 4.63. The van der Waals surface area contributed by atoms with Crippen LogP contribution >= 0.6 is 0 Å². The Morgan fingerprint density at radius 3 is 2.85 bits per heavy atom. The monoisotopic (exact) mass is 180 g/mol. The van der Waals surface area contributed by atoms with Crippen LogP contribution in [0.25, 0.3) is 0 Å². The molecule has 1 aliphatic heterocycles. The van der Waals surface area contributed by atoms with Crippen molar-refractivity contribution in [1.29, 1.82) is 0 Å². The molecule has 0 atom stereocenters. The van der Waals surface area contributed by atoms with Gasteiger partial charge in [-0.1, -0.05) is 0 Å². The van der Waals surface area contributed by atoms with Crippen molar-refractivity contribution < 1.29 is 0 Å². The average molecular weight is 180 g/mol. The Morgan fingerprint density at radius 1 is 1.38 bits per heavy atom. The summed E-state index contributed by atoms with van der Waals surface area (Å²) in [6.07, 6.45) is 1.07. The molecule has 0 unspecified atom stereocenters. The summed E-state index contributed by atoms with van der Waals surface area (Å²) in [4.78, 5) is 2.32. The van der Waals surface area contributed by atoms with Gasteiger partial charge >= 0.3 is 0 Å². The lowest BCUT2D eigenvalue weighted by molar-refractivity contribution is 0.312. The number of hydrogen-bond acceptors (Lipinski definition) is 3. The molecule has 13 heavy (non-hydrogen) atoms. The molecule has 72 valence electrons. The zero-order valence-electron chi connectivity index (χ0n) is 8.46. The van der Waals surface area contributed by atoms with Gasteiger partial charge in [-0.25, -0.2) is 0 Å². The Kier molecular flexibility index (Phi) is 2.00. The minimum Gasteiger partial charge on any atom is -0.373 e. The molecule has 0 aliphatic carbocycles. The lowest BCUT2D eigenvalue weighted by Crippen LogP contribution is -2.26. The van der Waals surface area contributed by atoms with Gasteiger partial charge in [-0.05, 0) is 7.05 Å². The Bertz CT molecular complexity index is 316. The van der Waals surface area contributed by atoms with E-state index in [-0.39, 0.29) is 0 Å². The van der Waals surface area contributed by atoms with Gasteiger partial charge in [0.05, 0.1) is 5.69 Å². The molecule has 0 amide bonds. The maximum absolute atomic E-state index is 4.48. The predicted molar refractivity (Wildman–Crippen MR) is 52.8 cm³/mol. The summed E-state index contributed by atoms with van der Waals surface area (Å²) >= 11 is 0. The number of fused-ring (bicyclic) bond motifs is 1. The number of nitrogens with one attached hydrogen (secondary N) is 1. The molecule has 4 nitrogen and oxygen atoms in total. The zero-order valence-corrected chi connectivity index (χ0v) is 8.46. The second-order valence-corrected chi connectivity index (χ2v) is 3.64. The van der Waals surface area contributed by atoms with Crippen molar-refractivity contribution in [3.63, 3.8) is 0 Å². The van der Waals surface area contributed by atoms with Gasteiger partial charge in [0.25, 0.3) is 0 Å². The summed E-state index contributed by atoms with van der Waals surface area (Å²) in [5, 5.41) is 7.68. The minimum atomic E-state index is 1.01. The van der Waals surface area contributed by atoms with E-state index >= 15 is 0 Å². The quantitative estimate of drug-likeness (QED) is 0.681. The summed E-state index contributed by atoms with van der Waals surface area (Å²) in [6.45, 7) is 2.13. The molecule has 1 aliphatic rings. The smallest absolute Gasteiger partial charge is 0.128 e. The Labute approximate surface area is 78.5 Å². The SMILES string of the molecule is CNc1c2c(nn1C)CCN(C)C2. The van der Waals surface area contributed by atoms with E-state index in [1.165, 1.54) is 11.3 Å². The number of aromatic nitrogens is 2. The number of rotatable bonds is 1. The van der Waals surface area contributed by atoms with Gasteiger partial charge in [-0.15, -0.1) is 0 Å². The van der Waals surface area contributed by atoms with E-state index in [1.807, 2.05) is 18.8 Å². The lowest BCUT2D eigenvalue weighted by atomic mass is 10.1. The second-order valence-electron chi connectivity index (χ2n) is 3.64. The number of aryl methyl sites for hydroxylation is 1. The highest BCUT2D eigenvalue weighted by Crippen LogP contribution is 2.24. The van der Waals surface area contributed by atoms with Crippen LogP contribution < -0.4 is 5.32 Å². The lowest BCUT2D eigenvalue weighted by Gasteiger charge is -2.21. The average Bonchev–Trinajstić information content (AvgIpc) is 2.40. The molecule has 1 aromatic rings. The summed E-state index contributed by atoms with van der Waals surface area (Å²) in [6, 6.07) is 0. The highest BCUT2D eigenvalue weighted by atomic mass is 15.3. The van der Waals surface area contributed by atoms with Gasteiger partial charge in [0, 0.05) is 39.2 Å². The van der Waals surface area contributed by atoms with Crippen molar-refractivity contribution in [2.45, 2.75) is 13.0 Å². The first kappa shape index (κ1) is 8.56. The van der Waals surface area contributed by atoms with E-state index in [4.69, 9.17) is 0 Å². The maximum Gasteiger partial charge on any atom is 0.128 e. The third-order valence-electron chi connectivity index (χ3n) is 2.62. The van der Waals surface area contributed by atoms with Crippen molar-refractivity contribution in [2.75, 3.05) is 26.0 Å². The molecule has 1 aromatic heterocycles. The normalized spacial score (nSPS) is 17.2. The van der Waals surface area contributed by atoms with Gasteiger partial charge in [0.1, 0.15) is 5.82 Å². The predicted octanol–water partition coefficient (Wildman–Crippen LogP) is 0.450. The van der Waals surface area contributed by atoms with Crippen LogP contribution in [-0.4, -0.2) is 35.3 Å². The minimum absolute atomic E-state index is 1.01. The van der Waals surface area contributed by atoms with Crippen molar-refractivity contribution in [2.24, 2.45) is 7.05 Å². The van der Waals surface area contributed by atoms with Crippen LogP contribution in [0.3, 0.4) is 0 Å². The van der Waals surface area contributed by atoms with Gasteiger partial charge in [-0.3, -0.25) is 4.68 Å². The molecule has 0 fully saturated rings. The van der Waals surface area contributed by atoms with E-state index in [0.717, 1.165) is 25.3 Å². The Balaban J connectivity index is 2.42. The van der Waals surface area contributed by atoms with Crippen molar-refractivity contribution in [1.82, 2.24) is 14.7 Å². The maximum atomic E-state index is 4.48. The number of anilines is 1. The number of nitrogens with zero attached hydrogens (tertiary/aromatic N) is 3. The van der Waals surface area contributed by atoms with Crippen LogP contribution in [0.1, 0.15) is 11.3 Å². The van der Waals surface area contributed by atoms with Crippen LogP contribution in [0, 0.1) is 0 Å². The van der Waals surface area contributed by atoms with Crippen LogP contribution in [0.5, 0.6) is 0 Å². The fourth-order valence-electron chi connectivity index (χ4n) is 1.95. The van der Waals surface area contributed by atoms with E-state index in [1.54, 1.807) is 0 Å². The molecule has 0 saturated carbocycles. The molecular formula is C9H16N4. The first-order valence-corrected chi connectivity index (χ1v) is 4.63. The Hall–Kier alpha value is -1.03. The third-order valence-corrected chi connectivity index (χ3v) is 2.62. The van der Waals surface area contributed by atoms with E-state index in [2.05, 4.69) is 22.4 Å². The van der Waals surface area contributed by atoms with Crippen LogP contribution in [0.2, 0.25) is 0 Å². The molecule has 0 aromatic carbocycles. The second kappa shape index (κ2) is 3.03. The molecule has 4 heteroatoms. The van der Waals surface area contributed by atoms with Gasteiger partial charge in [0.2, 0.25) is 0 Å². The molecule has 0 spiro atoms. The Morgan fingerprint density at radius 2 is 2.15 bits per heavy atom. The molecule has 2 heterocycles. The largest absolute Gasteiger partial charge is 0.373 e. The molecule has 0 saturated heterocycles. The van der Waals surface area contributed by atoms with Crippen molar-refractivity contribution >= 4 is 5.82 Å². The van der Waals surface area contributed by atoms with Crippen LogP contribution in [-0.2, 0) is 20.0 Å². The van der Waals surface area contributed by atoms with Crippen LogP contribution in [0.4, 0.5) is 5.82 Å². The van der Waals surface area contributed by atoms with E-state index in [9.17, 15) is 0 Å². The highest BCUT2D eigenvalue weighted by Gasteiger charge is 2.20. The number of likely N-dealkylation sites (N-methyl/N-ethyl adjacent to an activating group) is 1. The molecule has 0 radical (unpaired) electrons. The standard InChI is InChI=1S/C9H16N4/c1-10-9-7-6-12(2)5-4-8(7)11-13(9)3/h10H,4-6H2,1-3H3. The van der Waals surface area contributed by atoms with Gasteiger partial charge in [0.15, 0.2) is 0 Å². The van der Waals surface area contributed by atoms with Crippen molar-refractivity contribution in [3.8, 4) is 0 Å². The fraction of sp³-hybridized carbons (Fsp3) is 0.667. The van der Waals surface area contributed by atoms with Crippen LogP contribution in [0.15, 0.2) is 0 Å². The van der Waals surface area contributed by atoms with Crippen molar-refractivity contribution in [3.05, 3.63) is 11.3 Å².